The highest BCUT2D eigenvalue weighted by Gasteiger charge is 2.58. The molecule has 2 N–H and O–H groups in total. The SMILES string of the molecule is CCNC(=NCCn1cnnc1CC)NC1CC(C)(OC)C1(C)C. The molecule has 7 heteroatoms. The smallest absolute Gasteiger partial charge is 0.191 e. The Hall–Kier alpha value is -1.63. The molecule has 0 amide bonds. The van der Waals surface area contributed by atoms with Crippen LogP contribution in [0.3, 0.4) is 0 Å². The van der Waals surface area contributed by atoms with Gasteiger partial charge < -0.3 is 19.9 Å². The Bertz CT molecular complexity index is 567. The summed E-state index contributed by atoms with van der Waals surface area (Å²) in [5.41, 5.74) is -0.0257. The summed E-state index contributed by atoms with van der Waals surface area (Å²) in [6, 6.07) is 0.348. The van der Waals surface area contributed by atoms with Crippen molar-refractivity contribution in [2.45, 2.75) is 65.6 Å². The minimum atomic E-state index is -0.0828. The Morgan fingerprint density at radius 1 is 1.42 bits per heavy atom. The van der Waals surface area contributed by atoms with Crippen LogP contribution < -0.4 is 10.6 Å². The zero-order valence-corrected chi connectivity index (χ0v) is 15.9. The van der Waals surface area contributed by atoms with Crippen LogP contribution in [0.2, 0.25) is 0 Å². The highest BCUT2D eigenvalue weighted by atomic mass is 16.5. The molecule has 0 radical (unpaired) electrons. The van der Waals surface area contributed by atoms with Gasteiger partial charge in [-0.25, -0.2) is 0 Å². The summed E-state index contributed by atoms with van der Waals surface area (Å²) in [5.74, 6) is 1.86. The van der Waals surface area contributed by atoms with Gasteiger partial charge in [-0.05, 0) is 20.3 Å². The van der Waals surface area contributed by atoms with Crippen LogP contribution in [-0.4, -0.2) is 52.6 Å². The van der Waals surface area contributed by atoms with E-state index >= 15 is 0 Å². The quantitative estimate of drug-likeness (QED) is 0.584. The molecule has 0 aromatic carbocycles. The van der Waals surface area contributed by atoms with Gasteiger partial charge in [0.1, 0.15) is 12.2 Å². The molecule has 136 valence electrons. The summed E-state index contributed by atoms with van der Waals surface area (Å²) < 4.78 is 7.76. The van der Waals surface area contributed by atoms with Gasteiger partial charge >= 0.3 is 0 Å². The van der Waals surface area contributed by atoms with Crippen LogP contribution in [0.25, 0.3) is 0 Å². The first kappa shape index (κ1) is 18.7. The number of nitrogens with one attached hydrogen (secondary N) is 2. The third kappa shape index (κ3) is 3.55. The molecule has 0 aliphatic heterocycles. The molecule has 1 saturated carbocycles. The number of aliphatic imine (C=N–C) groups is 1. The number of rotatable bonds is 7. The van der Waals surface area contributed by atoms with E-state index in [0.717, 1.165) is 37.7 Å². The average Bonchev–Trinajstić information content (AvgIpc) is 3.01. The van der Waals surface area contributed by atoms with Gasteiger partial charge in [-0.15, -0.1) is 10.2 Å². The second-order valence-electron chi connectivity index (χ2n) is 7.11. The van der Waals surface area contributed by atoms with E-state index in [1.165, 1.54) is 0 Å². The predicted octanol–water partition coefficient (Wildman–Crippen LogP) is 1.60. The van der Waals surface area contributed by atoms with Crippen molar-refractivity contribution in [1.29, 1.82) is 0 Å². The van der Waals surface area contributed by atoms with Crippen molar-refractivity contribution in [3.8, 4) is 0 Å². The van der Waals surface area contributed by atoms with E-state index in [4.69, 9.17) is 9.73 Å². The maximum atomic E-state index is 5.70. The highest BCUT2D eigenvalue weighted by molar-refractivity contribution is 5.80. The van der Waals surface area contributed by atoms with Gasteiger partial charge in [-0.2, -0.15) is 0 Å². The van der Waals surface area contributed by atoms with Crippen molar-refractivity contribution >= 4 is 5.96 Å². The molecule has 1 aromatic rings. The largest absolute Gasteiger partial charge is 0.378 e. The van der Waals surface area contributed by atoms with Crippen LogP contribution >= 0.6 is 0 Å². The lowest BCUT2D eigenvalue weighted by Crippen LogP contribution is -2.69. The number of aromatic nitrogens is 3. The van der Waals surface area contributed by atoms with Crippen molar-refractivity contribution in [3.05, 3.63) is 12.2 Å². The van der Waals surface area contributed by atoms with E-state index in [0.29, 0.717) is 12.6 Å². The summed E-state index contributed by atoms with van der Waals surface area (Å²) in [6.45, 7) is 13.1. The van der Waals surface area contributed by atoms with E-state index in [2.05, 4.69) is 60.0 Å². The van der Waals surface area contributed by atoms with Gasteiger partial charge in [0, 0.05) is 38.1 Å². The molecular weight excluding hydrogens is 304 g/mol. The first-order chi connectivity index (χ1) is 11.4. The zero-order chi connectivity index (χ0) is 17.8. The number of hydrogen-bond acceptors (Lipinski definition) is 4. The Morgan fingerprint density at radius 2 is 2.17 bits per heavy atom. The molecule has 0 bridgehead atoms. The normalized spacial score (nSPS) is 26.1. The van der Waals surface area contributed by atoms with Gasteiger partial charge in [0.2, 0.25) is 0 Å². The third-order valence-corrected chi connectivity index (χ3v) is 5.56. The van der Waals surface area contributed by atoms with Crippen LogP contribution in [0.15, 0.2) is 11.3 Å². The van der Waals surface area contributed by atoms with Gasteiger partial charge in [-0.1, -0.05) is 20.8 Å². The van der Waals surface area contributed by atoms with E-state index in [-0.39, 0.29) is 11.0 Å². The minimum Gasteiger partial charge on any atom is -0.378 e. The fraction of sp³-hybridized carbons (Fsp3) is 0.824. The van der Waals surface area contributed by atoms with Crippen LogP contribution in [0.5, 0.6) is 0 Å². The fourth-order valence-corrected chi connectivity index (χ4v) is 3.22. The number of aryl methyl sites for hydroxylation is 1. The van der Waals surface area contributed by atoms with Crippen molar-refractivity contribution in [2.75, 3.05) is 20.2 Å². The number of methoxy groups -OCH3 is 1. The topological polar surface area (TPSA) is 76.4 Å². The first-order valence-electron chi connectivity index (χ1n) is 8.84. The van der Waals surface area contributed by atoms with Gasteiger partial charge in [-0.3, -0.25) is 4.99 Å². The van der Waals surface area contributed by atoms with Crippen LogP contribution in [0.1, 0.15) is 46.9 Å². The van der Waals surface area contributed by atoms with Crippen molar-refractivity contribution in [3.63, 3.8) is 0 Å². The van der Waals surface area contributed by atoms with E-state index in [1.54, 1.807) is 13.4 Å². The standard InChI is InChI=1S/C17H32N6O/c1-7-14-22-20-12-23(14)10-9-19-15(18-8-2)21-13-11-17(5,24-6)16(13,3)4/h12-13H,7-11H2,1-6H3,(H2,18,19,21). The molecule has 1 heterocycles. The Morgan fingerprint density at radius 3 is 2.75 bits per heavy atom. The van der Waals surface area contributed by atoms with Crippen LogP contribution in [0.4, 0.5) is 0 Å². The number of nitrogens with zero attached hydrogens (tertiary/aromatic N) is 4. The molecule has 2 atom stereocenters. The van der Waals surface area contributed by atoms with Gasteiger partial charge in [0.15, 0.2) is 5.96 Å². The molecule has 1 aromatic heterocycles. The van der Waals surface area contributed by atoms with Crippen LogP contribution in [0, 0.1) is 5.41 Å². The summed E-state index contributed by atoms with van der Waals surface area (Å²) >= 11 is 0. The molecule has 2 unspecified atom stereocenters. The maximum absolute atomic E-state index is 5.70. The Kier molecular flexibility index (Phi) is 5.85. The molecule has 7 nitrogen and oxygen atoms in total. The number of hydrogen-bond donors (Lipinski definition) is 2. The fourth-order valence-electron chi connectivity index (χ4n) is 3.22. The molecule has 2 rings (SSSR count). The van der Waals surface area contributed by atoms with Gasteiger partial charge in [0.25, 0.3) is 0 Å². The predicted molar refractivity (Wildman–Crippen MR) is 96.1 cm³/mol. The number of ether oxygens (including phenoxy) is 1. The molecule has 0 saturated heterocycles. The molecule has 0 spiro atoms. The highest BCUT2D eigenvalue weighted by Crippen LogP contribution is 2.51. The lowest BCUT2D eigenvalue weighted by Gasteiger charge is -2.59. The Labute approximate surface area is 145 Å². The molecule has 1 aliphatic rings. The Balaban J connectivity index is 1.95. The van der Waals surface area contributed by atoms with Crippen molar-refractivity contribution < 1.29 is 4.74 Å². The molecular formula is C17H32N6O. The van der Waals surface area contributed by atoms with E-state index in [9.17, 15) is 0 Å². The van der Waals surface area contributed by atoms with Crippen molar-refractivity contribution in [1.82, 2.24) is 25.4 Å². The average molecular weight is 336 g/mol. The minimum absolute atomic E-state index is 0.0571. The summed E-state index contributed by atoms with van der Waals surface area (Å²) in [6.07, 6.45) is 3.63. The summed E-state index contributed by atoms with van der Waals surface area (Å²) in [7, 11) is 1.79. The maximum Gasteiger partial charge on any atom is 0.191 e. The van der Waals surface area contributed by atoms with Crippen LogP contribution in [-0.2, 0) is 17.7 Å². The van der Waals surface area contributed by atoms with E-state index in [1.807, 2.05) is 0 Å². The second-order valence-corrected chi connectivity index (χ2v) is 7.11. The lowest BCUT2D eigenvalue weighted by molar-refractivity contribution is -0.176. The summed E-state index contributed by atoms with van der Waals surface area (Å²) in [4.78, 5) is 4.70. The van der Waals surface area contributed by atoms with E-state index < -0.39 is 0 Å². The molecule has 24 heavy (non-hydrogen) atoms. The zero-order valence-electron chi connectivity index (χ0n) is 15.9. The molecule has 1 aliphatic carbocycles. The first-order valence-corrected chi connectivity index (χ1v) is 8.84. The van der Waals surface area contributed by atoms with Gasteiger partial charge in [0.05, 0.1) is 12.1 Å². The summed E-state index contributed by atoms with van der Waals surface area (Å²) in [5, 5.41) is 15.0. The molecule has 1 fully saturated rings. The van der Waals surface area contributed by atoms with Crippen molar-refractivity contribution in [2.24, 2.45) is 10.4 Å². The third-order valence-electron chi connectivity index (χ3n) is 5.56. The monoisotopic (exact) mass is 336 g/mol. The second kappa shape index (κ2) is 7.51. The number of guanidine groups is 1. The lowest BCUT2D eigenvalue weighted by atomic mass is 9.56.